The number of aliphatic carboxylic acids is 1. The molecule has 1 aliphatic carbocycles. The number of fused-ring (bicyclic) bond motifs is 3. The Bertz CT molecular complexity index is 913. The van der Waals surface area contributed by atoms with E-state index in [1.807, 2.05) is 31.2 Å². The second-order valence-electron chi connectivity index (χ2n) is 7.58. The van der Waals surface area contributed by atoms with E-state index in [9.17, 15) is 14.4 Å². The van der Waals surface area contributed by atoms with Crippen molar-refractivity contribution in [1.82, 2.24) is 10.2 Å². The predicted molar refractivity (Wildman–Crippen MR) is 117 cm³/mol. The maximum Gasteiger partial charge on any atom is 0.407 e. The van der Waals surface area contributed by atoms with E-state index in [0.29, 0.717) is 13.0 Å². The molecule has 0 unspecified atom stereocenters. The van der Waals surface area contributed by atoms with Crippen LogP contribution >= 0.6 is 0 Å². The highest BCUT2D eigenvalue weighted by Crippen LogP contribution is 2.44. The molecule has 1 aliphatic rings. The van der Waals surface area contributed by atoms with Gasteiger partial charge in [0.15, 0.2) is 0 Å². The van der Waals surface area contributed by atoms with Gasteiger partial charge in [0.05, 0.1) is 0 Å². The smallest absolute Gasteiger partial charge is 0.407 e. The number of hydrogen-bond acceptors (Lipinski definition) is 4. The second-order valence-corrected chi connectivity index (χ2v) is 7.58. The molecule has 2 N–H and O–H groups in total. The average Bonchev–Trinajstić information content (AvgIpc) is 3.09. The zero-order chi connectivity index (χ0) is 22.4. The molecule has 2 amide bonds. The fourth-order valence-electron chi connectivity index (χ4n) is 3.98. The van der Waals surface area contributed by atoms with E-state index in [1.165, 1.54) is 4.90 Å². The lowest BCUT2D eigenvalue weighted by Crippen LogP contribution is -2.42. The Kier molecular flexibility index (Phi) is 7.28. The van der Waals surface area contributed by atoms with E-state index in [4.69, 9.17) is 9.84 Å². The van der Waals surface area contributed by atoms with Crippen molar-refractivity contribution >= 4 is 18.0 Å². The number of carbonyl (C=O) groups is 3. The molecule has 0 saturated carbocycles. The van der Waals surface area contributed by atoms with Crippen molar-refractivity contribution in [3.8, 4) is 11.1 Å². The molecule has 0 bridgehead atoms. The van der Waals surface area contributed by atoms with Crippen LogP contribution in [-0.4, -0.2) is 53.7 Å². The third-order valence-electron chi connectivity index (χ3n) is 5.64. The van der Waals surface area contributed by atoms with Crippen molar-refractivity contribution in [2.75, 3.05) is 19.7 Å². The molecule has 0 radical (unpaired) electrons. The summed E-state index contributed by atoms with van der Waals surface area (Å²) in [5.41, 5.74) is 4.57. The van der Waals surface area contributed by atoms with Gasteiger partial charge in [0.1, 0.15) is 13.2 Å². The summed E-state index contributed by atoms with van der Waals surface area (Å²) in [6.45, 7) is 3.73. The number of carboxylic acid groups (broad SMARTS) is 1. The largest absolute Gasteiger partial charge is 0.480 e. The topological polar surface area (TPSA) is 95.9 Å². The molecule has 0 heterocycles. The molecule has 0 spiro atoms. The van der Waals surface area contributed by atoms with Gasteiger partial charge in [-0.15, -0.1) is 0 Å². The van der Waals surface area contributed by atoms with Crippen LogP contribution in [0.5, 0.6) is 0 Å². The highest BCUT2D eigenvalue weighted by Gasteiger charge is 2.29. The molecular formula is C24H28N2O5. The standard InChI is InChI=1S/C24H28N2O5/c1-3-16(13-22(27)26(4-2)14-23(28)29)25-24(30)31-15-21-19-11-7-5-9-17(19)18-10-6-8-12-20(18)21/h5-12,16,21H,3-4,13-15H2,1-2H3,(H,25,30)(H,28,29)/t16-/m0/s1. The first-order chi connectivity index (χ1) is 14.9. The van der Waals surface area contributed by atoms with Gasteiger partial charge in [0.2, 0.25) is 5.91 Å². The van der Waals surface area contributed by atoms with Gasteiger partial charge in [-0.3, -0.25) is 9.59 Å². The van der Waals surface area contributed by atoms with E-state index in [-0.39, 0.29) is 31.4 Å². The molecule has 0 saturated heterocycles. The molecule has 7 nitrogen and oxygen atoms in total. The summed E-state index contributed by atoms with van der Waals surface area (Å²) < 4.78 is 5.54. The lowest BCUT2D eigenvalue weighted by atomic mass is 9.98. The van der Waals surface area contributed by atoms with E-state index >= 15 is 0 Å². The first-order valence-electron chi connectivity index (χ1n) is 10.6. The normalized spacial score (nSPS) is 13.1. The van der Waals surface area contributed by atoms with E-state index in [2.05, 4.69) is 29.6 Å². The SMILES string of the molecule is CC[C@@H](CC(=O)N(CC)CC(=O)O)NC(=O)OCC1c2ccccc2-c2ccccc21. The minimum Gasteiger partial charge on any atom is -0.480 e. The van der Waals surface area contributed by atoms with Crippen molar-refractivity contribution in [3.05, 3.63) is 59.7 Å². The number of alkyl carbamates (subject to hydrolysis) is 1. The van der Waals surface area contributed by atoms with Crippen LogP contribution in [0.3, 0.4) is 0 Å². The number of amides is 2. The zero-order valence-electron chi connectivity index (χ0n) is 17.8. The quantitative estimate of drug-likeness (QED) is 0.641. The summed E-state index contributed by atoms with van der Waals surface area (Å²) in [6, 6.07) is 15.8. The average molecular weight is 424 g/mol. The van der Waals surface area contributed by atoms with Crippen LogP contribution in [0.4, 0.5) is 4.79 Å². The number of benzene rings is 2. The van der Waals surface area contributed by atoms with Crippen molar-refractivity contribution in [2.24, 2.45) is 0 Å². The van der Waals surface area contributed by atoms with Gasteiger partial charge in [-0.1, -0.05) is 55.5 Å². The summed E-state index contributed by atoms with van der Waals surface area (Å²) >= 11 is 0. The van der Waals surface area contributed by atoms with Gasteiger partial charge in [-0.05, 0) is 35.6 Å². The van der Waals surface area contributed by atoms with Crippen LogP contribution in [-0.2, 0) is 14.3 Å². The Hall–Kier alpha value is -3.35. The lowest BCUT2D eigenvalue weighted by molar-refractivity contribution is -0.144. The number of nitrogens with one attached hydrogen (secondary N) is 1. The Morgan fingerprint density at radius 2 is 1.61 bits per heavy atom. The van der Waals surface area contributed by atoms with Gasteiger partial charge < -0.3 is 20.1 Å². The number of carboxylic acids is 1. The van der Waals surface area contributed by atoms with Gasteiger partial charge in [0.25, 0.3) is 0 Å². The second kappa shape index (κ2) is 10.1. The summed E-state index contributed by atoms with van der Waals surface area (Å²) in [7, 11) is 0. The van der Waals surface area contributed by atoms with Crippen LogP contribution in [0, 0.1) is 0 Å². The number of nitrogens with zero attached hydrogens (tertiary/aromatic N) is 1. The molecular weight excluding hydrogens is 396 g/mol. The molecule has 0 aliphatic heterocycles. The number of hydrogen-bond donors (Lipinski definition) is 2. The van der Waals surface area contributed by atoms with E-state index in [1.54, 1.807) is 6.92 Å². The molecule has 7 heteroatoms. The predicted octanol–water partition coefficient (Wildman–Crippen LogP) is 3.63. The van der Waals surface area contributed by atoms with Crippen molar-refractivity contribution in [3.63, 3.8) is 0 Å². The molecule has 164 valence electrons. The van der Waals surface area contributed by atoms with E-state index in [0.717, 1.165) is 22.3 Å². The van der Waals surface area contributed by atoms with Gasteiger partial charge in [-0.25, -0.2) is 4.79 Å². The Morgan fingerprint density at radius 1 is 1.03 bits per heavy atom. The third kappa shape index (κ3) is 5.23. The summed E-state index contributed by atoms with van der Waals surface area (Å²) in [4.78, 5) is 37.0. The van der Waals surface area contributed by atoms with Gasteiger partial charge in [-0.2, -0.15) is 0 Å². The minimum atomic E-state index is -1.06. The lowest BCUT2D eigenvalue weighted by Gasteiger charge is -2.23. The van der Waals surface area contributed by atoms with E-state index < -0.39 is 18.1 Å². The molecule has 3 rings (SSSR count). The number of carbonyl (C=O) groups excluding carboxylic acids is 2. The fraction of sp³-hybridized carbons (Fsp3) is 0.375. The van der Waals surface area contributed by atoms with Crippen molar-refractivity contribution in [2.45, 2.75) is 38.6 Å². The van der Waals surface area contributed by atoms with Gasteiger partial charge in [0, 0.05) is 24.9 Å². The minimum absolute atomic E-state index is 0.0296. The van der Waals surface area contributed by atoms with Crippen LogP contribution in [0.1, 0.15) is 43.7 Å². The summed E-state index contributed by atoms with van der Waals surface area (Å²) in [5.74, 6) is -1.41. The third-order valence-corrected chi connectivity index (χ3v) is 5.64. The summed E-state index contributed by atoms with van der Waals surface area (Å²) in [5, 5.41) is 11.7. The highest BCUT2D eigenvalue weighted by atomic mass is 16.5. The van der Waals surface area contributed by atoms with Crippen molar-refractivity contribution in [1.29, 1.82) is 0 Å². The maximum absolute atomic E-state index is 12.4. The van der Waals surface area contributed by atoms with Crippen LogP contribution in [0.15, 0.2) is 48.5 Å². The Labute approximate surface area is 182 Å². The maximum atomic E-state index is 12.4. The van der Waals surface area contributed by atoms with Crippen LogP contribution in [0.2, 0.25) is 0 Å². The Balaban J connectivity index is 1.59. The van der Waals surface area contributed by atoms with Gasteiger partial charge >= 0.3 is 12.1 Å². The zero-order valence-corrected chi connectivity index (χ0v) is 17.8. The monoisotopic (exact) mass is 424 g/mol. The Morgan fingerprint density at radius 3 is 2.13 bits per heavy atom. The first kappa shape index (κ1) is 22.3. The highest BCUT2D eigenvalue weighted by molar-refractivity contribution is 5.82. The summed E-state index contributed by atoms with van der Waals surface area (Å²) in [6.07, 6.45) is -0.0228. The van der Waals surface area contributed by atoms with Crippen molar-refractivity contribution < 1.29 is 24.2 Å². The fourth-order valence-corrected chi connectivity index (χ4v) is 3.98. The number of rotatable bonds is 9. The van der Waals surface area contributed by atoms with Crippen LogP contribution < -0.4 is 5.32 Å². The number of likely N-dealkylation sites (N-methyl/N-ethyl adjacent to an activating group) is 1. The molecule has 2 aromatic carbocycles. The molecule has 0 aromatic heterocycles. The molecule has 2 aromatic rings. The first-order valence-corrected chi connectivity index (χ1v) is 10.6. The number of ether oxygens (including phenoxy) is 1. The molecule has 1 atom stereocenters. The molecule has 31 heavy (non-hydrogen) atoms. The molecule has 0 fully saturated rings. The van der Waals surface area contributed by atoms with Crippen LogP contribution in [0.25, 0.3) is 11.1 Å².